The monoisotopic (exact) mass is 309 g/mol. The van der Waals surface area contributed by atoms with E-state index in [-0.39, 0.29) is 12.4 Å². The predicted molar refractivity (Wildman–Crippen MR) is 71.3 cm³/mol. The van der Waals surface area contributed by atoms with Crippen LogP contribution in [-0.2, 0) is 18.9 Å². The predicted octanol–water partition coefficient (Wildman–Crippen LogP) is -0.988. The molecule has 2 unspecified atom stereocenters. The fourth-order valence-corrected chi connectivity index (χ4v) is 2.84. The van der Waals surface area contributed by atoms with Crippen LogP contribution in [0.15, 0.2) is 12.7 Å². The molecule has 2 fully saturated rings. The molecule has 0 amide bonds. The van der Waals surface area contributed by atoms with E-state index in [4.69, 9.17) is 24.7 Å². The number of aliphatic hydroxyl groups is 1. The van der Waals surface area contributed by atoms with Crippen LogP contribution in [0.3, 0.4) is 0 Å². The van der Waals surface area contributed by atoms with Crippen LogP contribution >= 0.6 is 0 Å². The quantitative estimate of drug-likeness (QED) is 0.734. The van der Waals surface area contributed by atoms with E-state index < -0.39 is 31.0 Å². The van der Waals surface area contributed by atoms with Crippen LogP contribution in [0.2, 0.25) is 0 Å². The van der Waals surface area contributed by atoms with Crippen LogP contribution in [0, 0.1) is 0 Å². The molecule has 0 bridgehead atoms. The molecule has 0 aliphatic carbocycles. The number of rotatable bonds is 3. The number of nitrogens with two attached hydrogens (primary N) is 1. The minimum Gasteiger partial charge on any atom is -0.394 e. The summed E-state index contributed by atoms with van der Waals surface area (Å²) < 4.78 is 23.8. The zero-order valence-electron chi connectivity index (χ0n) is 11.7. The summed E-state index contributed by atoms with van der Waals surface area (Å²) in [6, 6.07) is 0. The molecule has 2 saturated heterocycles. The lowest BCUT2D eigenvalue weighted by molar-refractivity contribution is -0.256. The highest BCUT2D eigenvalue weighted by Crippen LogP contribution is 2.40. The molecule has 118 valence electrons. The minimum absolute atomic E-state index is 0.193. The smallest absolute Gasteiger partial charge is 0.272 e. The number of anilines is 1. The van der Waals surface area contributed by atoms with Gasteiger partial charge in [0.2, 0.25) is 0 Å². The zero-order chi connectivity index (χ0) is 15.3. The van der Waals surface area contributed by atoms with Crippen LogP contribution in [0.5, 0.6) is 0 Å². The van der Waals surface area contributed by atoms with Gasteiger partial charge in [0.05, 0.1) is 12.9 Å². The molecule has 2 aromatic heterocycles. The summed E-state index contributed by atoms with van der Waals surface area (Å²) in [7, 11) is 1.48. The molecule has 0 spiro atoms. The van der Waals surface area contributed by atoms with Gasteiger partial charge in [0.25, 0.3) is 6.48 Å². The van der Waals surface area contributed by atoms with Crippen molar-refractivity contribution in [2.75, 3.05) is 19.5 Å². The molecule has 4 heterocycles. The maximum Gasteiger partial charge on any atom is 0.272 e. The Labute approximate surface area is 124 Å². The summed E-state index contributed by atoms with van der Waals surface area (Å²) in [6.07, 6.45) is 0.955. The second kappa shape index (κ2) is 5.11. The lowest BCUT2D eigenvalue weighted by Crippen LogP contribution is -2.31. The van der Waals surface area contributed by atoms with Crippen LogP contribution in [0.1, 0.15) is 6.23 Å². The molecule has 22 heavy (non-hydrogen) atoms. The lowest BCUT2D eigenvalue weighted by Gasteiger charge is -2.19. The fraction of sp³-hybridized carbons (Fsp3) is 0.583. The SMILES string of the molecule is COC1OC2[C@@H](O1)[C@@H](CO)O[C@H]2n1cnc2c(N)ncnc21. The van der Waals surface area contributed by atoms with E-state index in [0.29, 0.717) is 11.2 Å². The number of ether oxygens (including phenoxy) is 4. The standard InChI is InChI=1S/C12H15N5O5/c1-19-12-21-7-5(2-18)20-11(8(7)22-12)17-4-16-6-9(13)14-3-15-10(6)17/h3-5,7-8,11-12,18H,2H2,1H3,(H2,13,14,15)/t5-,7+,8?,11-,12?/m1/s1. The van der Waals surface area contributed by atoms with E-state index in [9.17, 15) is 5.11 Å². The Balaban J connectivity index is 1.73. The Morgan fingerprint density at radius 3 is 2.86 bits per heavy atom. The third-order valence-corrected chi connectivity index (χ3v) is 3.86. The van der Waals surface area contributed by atoms with Crippen molar-refractivity contribution < 1.29 is 24.1 Å². The Bertz CT molecular complexity index is 694. The van der Waals surface area contributed by atoms with Gasteiger partial charge in [-0.05, 0) is 0 Å². The summed E-state index contributed by atoms with van der Waals surface area (Å²) in [5.74, 6) is 0.287. The molecule has 4 rings (SSSR count). The van der Waals surface area contributed by atoms with E-state index in [1.807, 2.05) is 0 Å². The van der Waals surface area contributed by atoms with Gasteiger partial charge >= 0.3 is 0 Å². The fourth-order valence-electron chi connectivity index (χ4n) is 2.84. The minimum atomic E-state index is -0.787. The molecule has 0 radical (unpaired) electrons. The highest BCUT2D eigenvalue weighted by atomic mass is 16.9. The molecule has 2 aliphatic rings. The van der Waals surface area contributed by atoms with Gasteiger partial charge in [0.1, 0.15) is 30.2 Å². The summed E-state index contributed by atoms with van der Waals surface area (Å²) in [5, 5.41) is 9.47. The highest BCUT2D eigenvalue weighted by Gasteiger charge is 2.53. The highest BCUT2D eigenvalue weighted by molar-refractivity contribution is 5.81. The summed E-state index contributed by atoms with van der Waals surface area (Å²) in [4.78, 5) is 12.3. The van der Waals surface area contributed by atoms with Crippen LogP contribution in [0.25, 0.3) is 11.2 Å². The van der Waals surface area contributed by atoms with Crippen LogP contribution in [0.4, 0.5) is 5.82 Å². The van der Waals surface area contributed by atoms with E-state index in [2.05, 4.69) is 15.0 Å². The van der Waals surface area contributed by atoms with E-state index in [1.54, 1.807) is 10.9 Å². The number of hydrogen-bond donors (Lipinski definition) is 2. The normalized spacial score (nSPS) is 34.4. The van der Waals surface area contributed by atoms with Crippen molar-refractivity contribution in [1.29, 1.82) is 0 Å². The van der Waals surface area contributed by atoms with Gasteiger partial charge in [-0.2, -0.15) is 0 Å². The molecule has 10 heteroatoms. The molecule has 0 aromatic carbocycles. The van der Waals surface area contributed by atoms with Crippen molar-refractivity contribution in [2.24, 2.45) is 0 Å². The van der Waals surface area contributed by atoms with Crippen LogP contribution in [-0.4, -0.2) is 63.1 Å². The van der Waals surface area contributed by atoms with Gasteiger partial charge in [-0.15, -0.1) is 0 Å². The first-order chi connectivity index (χ1) is 10.7. The average molecular weight is 309 g/mol. The van der Waals surface area contributed by atoms with E-state index in [0.717, 1.165) is 0 Å². The zero-order valence-corrected chi connectivity index (χ0v) is 11.7. The van der Waals surface area contributed by atoms with Crippen molar-refractivity contribution in [3.63, 3.8) is 0 Å². The number of aromatic nitrogens is 4. The first-order valence-electron chi connectivity index (χ1n) is 6.76. The third kappa shape index (κ3) is 1.89. The number of aliphatic hydroxyl groups excluding tert-OH is 1. The van der Waals surface area contributed by atoms with Gasteiger partial charge in [-0.25, -0.2) is 15.0 Å². The number of hydrogen-bond acceptors (Lipinski definition) is 9. The van der Waals surface area contributed by atoms with Gasteiger partial charge in [-0.3, -0.25) is 4.57 Å². The van der Waals surface area contributed by atoms with Crippen LogP contribution < -0.4 is 5.73 Å². The second-order valence-corrected chi connectivity index (χ2v) is 5.06. The van der Waals surface area contributed by atoms with E-state index in [1.165, 1.54) is 13.4 Å². The van der Waals surface area contributed by atoms with Gasteiger partial charge in [0, 0.05) is 7.11 Å². The molecule has 10 nitrogen and oxygen atoms in total. The third-order valence-electron chi connectivity index (χ3n) is 3.86. The Hall–Kier alpha value is -1.85. The first-order valence-corrected chi connectivity index (χ1v) is 6.76. The summed E-state index contributed by atoms with van der Waals surface area (Å²) >= 11 is 0. The molecule has 2 aliphatic heterocycles. The number of nitrogen functional groups attached to an aromatic ring is 1. The average Bonchev–Trinajstić information content (AvgIpc) is 3.19. The van der Waals surface area contributed by atoms with Gasteiger partial charge in [-0.1, -0.05) is 0 Å². The molecule has 0 saturated carbocycles. The van der Waals surface area contributed by atoms with Crippen molar-refractivity contribution in [1.82, 2.24) is 19.5 Å². The first kappa shape index (κ1) is 13.8. The van der Waals surface area contributed by atoms with E-state index >= 15 is 0 Å². The summed E-state index contributed by atoms with van der Waals surface area (Å²) in [6.45, 7) is -0.980. The molecule has 2 aromatic rings. The Morgan fingerprint density at radius 2 is 2.09 bits per heavy atom. The van der Waals surface area contributed by atoms with Gasteiger partial charge < -0.3 is 29.8 Å². The van der Waals surface area contributed by atoms with Gasteiger partial charge in [0.15, 0.2) is 17.7 Å². The molecule has 5 atom stereocenters. The van der Waals surface area contributed by atoms with Crippen molar-refractivity contribution in [3.8, 4) is 0 Å². The lowest BCUT2D eigenvalue weighted by atomic mass is 10.1. The number of fused-ring (bicyclic) bond motifs is 2. The maximum atomic E-state index is 9.47. The molecule has 3 N–H and O–H groups in total. The molecular formula is C12H15N5O5. The second-order valence-electron chi connectivity index (χ2n) is 5.06. The topological polar surface area (TPSA) is 127 Å². The molecular weight excluding hydrogens is 294 g/mol. The number of methoxy groups -OCH3 is 1. The largest absolute Gasteiger partial charge is 0.394 e. The van der Waals surface area contributed by atoms with Crippen molar-refractivity contribution >= 4 is 17.0 Å². The maximum absolute atomic E-state index is 9.47. The number of imidazole rings is 1. The number of nitrogens with zero attached hydrogens (tertiary/aromatic N) is 4. The van der Waals surface area contributed by atoms with Crippen molar-refractivity contribution in [2.45, 2.75) is 31.0 Å². The van der Waals surface area contributed by atoms with Crippen molar-refractivity contribution in [3.05, 3.63) is 12.7 Å². The Kier molecular flexibility index (Phi) is 3.20. The Morgan fingerprint density at radius 1 is 1.27 bits per heavy atom. The summed E-state index contributed by atoms with van der Waals surface area (Å²) in [5.41, 5.74) is 6.80.